The van der Waals surface area contributed by atoms with E-state index in [0.717, 1.165) is 36.0 Å². The normalized spacial score (nSPS) is 14.8. The van der Waals surface area contributed by atoms with Crippen LogP contribution < -0.4 is 10.6 Å². The van der Waals surface area contributed by atoms with Crippen LogP contribution in [-0.4, -0.2) is 44.2 Å². The summed E-state index contributed by atoms with van der Waals surface area (Å²) in [7, 11) is -3.59. The summed E-state index contributed by atoms with van der Waals surface area (Å²) < 4.78 is 27.3. The van der Waals surface area contributed by atoms with E-state index in [4.69, 9.17) is 0 Å². The molecule has 0 atom stereocenters. The summed E-state index contributed by atoms with van der Waals surface area (Å²) in [5.74, 6) is -0.760. The second-order valence-electron chi connectivity index (χ2n) is 7.97. The lowest BCUT2D eigenvalue weighted by atomic mass is 10.1. The Labute approximate surface area is 183 Å². The fourth-order valence-electron chi connectivity index (χ4n) is 3.49. The molecule has 1 heterocycles. The maximum absolute atomic E-state index is 12.9. The van der Waals surface area contributed by atoms with Crippen LogP contribution in [0.2, 0.25) is 0 Å². The van der Waals surface area contributed by atoms with Gasteiger partial charge in [0.25, 0.3) is 5.91 Å². The Morgan fingerprint density at radius 2 is 1.58 bits per heavy atom. The van der Waals surface area contributed by atoms with E-state index in [1.165, 1.54) is 10.4 Å². The minimum Gasteiger partial charge on any atom is -0.343 e. The standard InChI is InChI=1S/C23H29N3O4S/c1-16-7-9-19(13-18(16)3)23(28)24-15-22(27)25-21-14-20(10-8-17(21)2)31(29,30)26-11-5-4-6-12-26/h7-10,13-14H,4-6,11-12,15H2,1-3H3,(H,24,28)(H,25,27). The van der Waals surface area contributed by atoms with E-state index in [2.05, 4.69) is 10.6 Å². The topological polar surface area (TPSA) is 95.6 Å². The molecule has 0 aromatic heterocycles. The van der Waals surface area contributed by atoms with Crippen LogP contribution in [0, 0.1) is 20.8 Å². The number of benzene rings is 2. The van der Waals surface area contributed by atoms with Gasteiger partial charge in [-0.05, 0) is 74.6 Å². The van der Waals surface area contributed by atoms with Crippen molar-refractivity contribution < 1.29 is 18.0 Å². The van der Waals surface area contributed by atoms with Gasteiger partial charge in [-0.2, -0.15) is 4.31 Å². The largest absolute Gasteiger partial charge is 0.343 e. The molecule has 8 heteroatoms. The molecule has 2 N–H and O–H groups in total. The van der Waals surface area contributed by atoms with Crippen LogP contribution in [0.15, 0.2) is 41.3 Å². The molecule has 0 saturated carbocycles. The molecule has 2 aromatic carbocycles. The summed E-state index contributed by atoms with van der Waals surface area (Å²) in [6, 6.07) is 10.1. The molecule has 1 aliphatic heterocycles. The van der Waals surface area contributed by atoms with Crippen LogP contribution in [0.4, 0.5) is 5.69 Å². The molecule has 1 saturated heterocycles. The number of sulfonamides is 1. The van der Waals surface area contributed by atoms with Gasteiger partial charge in [0.05, 0.1) is 11.4 Å². The van der Waals surface area contributed by atoms with Crippen molar-refractivity contribution in [1.82, 2.24) is 9.62 Å². The molecule has 1 aliphatic rings. The van der Waals surface area contributed by atoms with Gasteiger partial charge in [-0.15, -0.1) is 0 Å². The van der Waals surface area contributed by atoms with Gasteiger partial charge in [-0.1, -0.05) is 18.6 Å². The Morgan fingerprint density at radius 3 is 2.26 bits per heavy atom. The third-order valence-corrected chi connectivity index (χ3v) is 7.51. The van der Waals surface area contributed by atoms with Gasteiger partial charge in [0.1, 0.15) is 0 Å². The molecule has 0 spiro atoms. The van der Waals surface area contributed by atoms with E-state index in [1.807, 2.05) is 19.9 Å². The van der Waals surface area contributed by atoms with Gasteiger partial charge in [0.2, 0.25) is 15.9 Å². The SMILES string of the molecule is Cc1ccc(C(=O)NCC(=O)Nc2cc(S(=O)(=O)N3CCCCC3)ccc2C)cc1C. The molecular formula is C23H29N3O4S. The highest BCUT2D eigenvalue weighted by Gasteiger charge is 2.26. The summed E-state index contributed by atoms with van der Waals surface area (Å²) in [6.45, 7) is 6.50. The summed E-state index contributed by atoms with van der Waals surface area (Å²) in [6.07, 6.45) is 2.75. The molecule has 3 rings (SSSR count). The quantitative estimate of drug-likeness (QED) is 0.717. The van der Waals surface area contributed by atoms with Gasteiger partial charge in [0.15, 0.2) is 0 Å². The minimum absolute atomic E-state index is 0.162. The Hall–Kier alpha value is -2.71. The van der Waals surface area contributed by atoms with Gasteiger partial charge >= 0.3 is 0 Å². The van der Waals surface area contributed by atoms with E-state index < -0.39 is 15.9 Å². The zero-order valence-electron chi connectivity index (χ0n) is 18.2. The van der Waals surface area contributed by atoms with E-state index >= 15 is 0 Å². The van der Waals surface area contributed by atoms with Crippen molar-refractivity contribution in [3.05, 3.63) is 58.7 Å². The number of piperidine rings is 1. The van der Waals surface area contributed by atoms with E-state index in [0.29, 0.717) is 24.3 Å². The summed E-state index contributed by atoms with van der Waals surface area (Å²) in [5.41, 5.74) is 3.74. The van der Waals surface area contributed by atoms with Crippen molar-refractivity contribution in [3.63, 3.8) is 0 Å². The number of carbonyl (C=O) groups is 2. The molecule has 0 radical (unpaired) electrons. The summed E-state index contributed by atoms with van der Waals surface area (Å²) in [4.78, 5) is 24.9. The second-order valence-corrected chi connectivity index (χ2v) is 9.91. The summed E-state index contributed by atoms with van der Waals surface area (Å²) >= 11 is 0. The van der Waals surface area contributed by atoms with Crippen LogP contribution in [-0.2, 0) is 14.8 Å². The second kappa shape index (κ2) is 9.62. The fourth-order valence-corrected chi connectivity index (χ4v) is 5.03. The molecule has 7 nitrogen and oxygen atoms in total. The monoisotopic (exact) mass is 443 g/mol. The average molecular weight is 444 g/mol. The fraction of sp³-hybridized carbons (Fsp3) is 0.391. The number of rotatable bonds is 6. The zero-order chi connectivity index (χ0) is 22.6. The summed E-state index contributed by atoms with van der Waals surface area (Å²) in [5, 5.41) is 5.32. The van der Waals surface area contributed by atoms with Crippen molar-refractivity contribution in [3.8, 4) is 0 Å². The first kappa shape index (κ1) is 23.0. The highest BCUT2D eigenvalue weighted by atomic mass is 32.2. The smallest absolute Gasteiger partial charge is 0.251 e. The highest BCUT2D eigenvalue weighted by Crippen LogP contribution is 2.25. The van der Waals surface area contributed by atoms with Crippen molar-refractivity contribution in [2.75, 3.05) is 25.0 Å². The highest BCUT2D eigenvalue weighted by molar-refractivity contribution is 7.89. The van der Waals surface area contributed by atoms with E-state index in [9.17, 15) is 18.0 Å². The Morgan fingerprint density at radius 1 is 0.903 bits per heavy atom. The minimum atomic E-state index is -3.59. The van der Waals surface area contributed by atoms with Crippen molar-refractivity contribution >= 4 is 27.5 Å². The Kier molecular flexibility index (Phi) is 7.12. The maximum atomic E-state index is 12.9. The molecule has 0 unspecified atom stereocenters. The number of amides is 2. The molecular weight excluding hydrogens is 414 g/mol. The van der Waals surface area contributed by atoms with Crippen molar-refractivity contribution in [1.29, 1.82) is 0 Å². The number of aryl methyl sites for hydroxylation is 3. The van der Waals surface area contributed by atoms with Crippen LogP contribution >= 0.6 is 0 Å². The molecule has 31 heavy (non-hydrogen) atoms. The molecule has 2 aromatic rings. The van der Waals surface area contributed by atoms with Crippen LogP contribution in [0.5, 0.6) is 0 Å². The van der Waals surface area contributed by atoms with E-state index in [-0.39, 0.29) is 17.3 Å². The van der Waals surface area contributed by atoms with Gasteiger partial charge < -0.3 is 10.6 Å². The van der Waals surface area contributed by atoms with Crippen molar-refractivity contribution in [2.24, 2.45) is 0 Å². The first-order chi connectivity index (χ1) is 14.7. The third-order valence-electron chi connectivity index (χ3n) is 5.61. The molecule has 0 bridgehead atoms. The van der Waals surface area contributed by atoms with Crippen molar-refractivity contribution in [2.45, 2.75) is 44.9 Å². The Balaban J connectivity index is 1.66. The first-order valence-electron chi connectivity index (χ1n) is 10.4. The Bertz CT molecular complexity index is 1090. The predicted octanol–water partition coefficient (Wildman–Crippen LogP) is 3.15. The number of anilines is 1. The lowest BCUT2D eigenvalue weighted by Crippen LogP contribution is -2.35. The number of nitrogens with zero attached hydrogens (tertiary/aromatic N) is 1. The van der Waals surface area contributed by atoms with Crippen LogP contribution in [0.3, 0.4) is 0 Å². The first-order valence-corrected chi connectivity index (χ1v) is 11.9. The predicted molar refractivity (Wildman–Crippen MR) is 121 cm³/mol. The lowest BCUT2D eigenvalue weighted by Gasteiger charge is -2.26. The zero-order valence-corrected chi connectivity index (χ0v) is 19.0. The van der Waals surface area contributed by atoms with E-state index in [1.54, 1.807) is 31.2 Å². The molecule has 0 aliphatic carbocycles. The molecule has 166 valence electrons. The number of carbonyl (C=O) groups excluding carboxylic acids is 2. The molecule has 2 amide bonds. The van der Waals surface area contributed by atoms with Gasteiger partial charge in [-0.25, -0.2) is 8.42 Å². The number of hydrogen-bond donors (Lipinski definition) is 2. The number of nitrogens with one attached hydrogen (secondary N) is 2. The van der Waals surface area contributed by atoms with Gasteiger partial charge in [-0.3, -0.25) is 9.59 Å². The number of hydrogen-bond acceptors (Lipinski definition) is 4. The van der Waals surface area contributed by atoms with Crippen LogP contribution in [0.25, 0.3) is 0 Å². The average Bonchev–Trinajstić information content (AvgIpc) is 2.76. The van der Waals surface area contributed by atoms with Gasteiger partial charge in [0, 0.05) is 24.3 Å². The maximum Gasteiger partial charge on any atom is 0.251 e. The molecule has 1 fully saturated rings. The third kappa shape index (κ3) is 5.51. The van der Waals surface area contributed by atoms with Crippen LogP contribution in [0.1, 0.15) is 46.3 Å². The lowest BCUT2D eigenvalue weighted by molar-refractivity contribution is -0.115.